The molecule has 1 amide bonds. The van der Waals surface area contributed by atoms with Crippen LogP contribution in [0.1, 0.15) is 110 Å². The first-order valence-corrected chi connectivity index (χ1v) is 10.5. The second-order valence-electron chi connectivity index (χ2n) is 7.05. The first-order valence-electron chi connectivity index (χ1n) is 10.5. The molecule has 25 heavy (non-hydrogen) atoms. The number of nitrogens with one attached hydrogen (secondary N) is 1. The van der Waals surface area contributed by atoms with E-state index in [0.717, 1.165) is 12.8 Å². The highest BCUT2D eigenvalue weighted by Gasteiger charge is 2.04. The molecule has 4 heteroatoms. The molecule has 0 aliphatic rings. The van der Waals surface area contributed by atoms with Crippen LogP contribution in [0, 0.1) is 0 Å². The van der Waals surface area contributed by atoms with Gasteiger partial charge in [0, 0.05) is 6.42 Å². The maximum absolute atomic E-state index is 11.5. The number of carbonyl (C=O) groups is 2. The summed E-state index contributed by atoms with van der Waals surface area (Å²) in [5.41, 5.74) is 0. The predicted octanol–water partition coefficient (Wildman–Crippen LogP) is 5.54. The molecule has 0 saturated heterocycles. The van der Waals surface area contributed by atoms with Crippen LogP contribution in [-0.2, 0) is 14.3 Å². The summed E-state index contributed by atoms with van der Waals surface area (Å²) in [5.74, 6) is -0.454. The Balaban J connectivity index is 3.14. The third-order valence-electron chi connectivity index (χ3n) is 4.66. The average Bonchev–Trinajstić information content (AvgIpc) is 2.62. The first kappa shape index (κ1) is 23.9. The quantitative estimate of drug-likeness (QED) is 0.259. The van der Waals surface area contributed by atoms with E-state index in [1.54, 1.807) is 0 Å². The fourth-order valence-electron chi connectivity index (χ4n) is 2.99. The number of hydrogen-bond acceptors (Lipinski definition) is 3. The Bertz CT molecular complexity index is 318. The molecule has 0 rings (SSSR count). The van der Waals surface area contributed by atoms with Crippen LogP contribution in [0.25, 0.3) is 0 Å². The number of ether oxygens (including phenoxy) is 1. The highest BCUT2D eigenvalue weighted by atomic mass is 16.5. The molecule has 0 fully saturated rings. The maximum Gasteiger partial charge on any atom is 0.325 e. The van der Waals surface area contributed by atoms with Crippen molar-refractivity contribution in [1.82, 2.24) is 5.32 Å². The molecule has 0 radical (unpaired) electrons. The van der Waals surface area contributed by atoms with Crippen molar-refractivity contribution in [2.75, 3.05) is 13.7 Å². The smallest absolute Gasteiger partial charge is 0.325 e. The second kappa shape index (κ2) is 19.3. The van der Waals surface area contributed by atoms with Gasteiger partial charge in [-0.1, -0.05) is 96.8 Å². The van der Waals surface area contributed by atoms with Crippen molar-refractivity contribution in [3.63, 3.8) is 0 Å². The monoisotopic (exact) mass is 355 g/mol. The lowest BCUT2D eigenvalue weighted by molar-refractivity contribution is -0.141. The van der Waals surface area contributed by atoms with E-state index in [9.17, 15) is 9.59 Å². The van der Waals surface area contributed by atoms with Crippen LogP contribution in [0.5, 0.6) is 0 Å². The summed E-state index contributed by atoms with van der Waals surface area (Å²) in [6, 6.07) is 0. The molecule has 0 aromatic carbocycles. The van der Waals surface area contributed by atoms with Gasteiger partial charge < -0.3 is 10.1 Å². The molecular formula is C21H41NO3. The van der Waals surface area contributed by atoms with Crippen molar-refractivity contribution in [2.45, 2.75) is 110 Å². The summed E-state index contributed by atoms with van der Waals surface area (Å²) >= 11 is 0. The van der Waals surface area contributed by atoms with Gasteiger partial charge >= 0.3 is 5.97 Å². The predicted molar refractivity (Wildman–Crippen MR) is 105 cm³/mol. The SMILES string of the molecule is CCCCCCCCCCCCCCCCCC(=O)NCC(=O)OC. The van der Waals surface area contributed by atoms with E-state index in [1.165, 1.54) is 90.6 Å². The Hall–Kier alpha value is -1.06. The van der Waals surface area contributed by atoms with Crippen LogP contribution < -0.4 is 5.32 Å². The van der Waals surface area contributed by atoms with Gasteiger partial charge in [0.2, 0.25) is 5.91 Å². The van der Waals surface area contributed by atoms with Crippen LogP contribution in [0.3, 0.4) is 0 Å². The molecule has 148 valence electrons. The minimum atomic E-state index is -0.398. The van der Waals surface area contributed by atoms with Crippen LogP contribution in [-0.4, -0.2) is 25.5 Å². The van der Waals surface area contributed by atoms with Gasteiger partial charge in [0.05, 0.1) is 7.11 Å². The van der Waals surface area contributed by atoms with E-state index >= 15 is 0 Å². The Kier molecular flexibility index (Phi) is 18.5. The highest BCUT2D eigenvalue weighted by Crippen LogP contribution is 2.13. The summed E-state index contributed by atoms with van der Waals surface area (Å²) in [6.07, 6.45) is 20.3. The van der Waals surface area contributed by atoms with E-state index in [-0.39, 0.29) is 12.5 Å². The zero-order chi connectivity index (χ0) is 18.6. The lowest BCUT2D eigenvalue weighted by Gasteiger charge is -2.04. The van der Waals surface area contributed by atoms with Gasteiger partial charge in [0.15, 0.2) is 0 Å². The Morgan fingerprint density at radius 1 is 0.680 bits per heavy atom. The van der Waals surface area contributed by atoms with Gasteiger partial charge in [-0.3, -0.25) is 9.59 Å². The Morgan fingerprint density at radius 3 is 1.48 bits per heavy atom. The minimum absolute atomic E-state index is 0.0198. The molecule has 0 aliphatic heterocycles. The normalized spacial score (nSPS) is 10.6. The van der Waals surface area contributed by atoms with Crippen molar-refractivity contribution >= 4 is 11.9 Å². The van der Waals surface area contributed by atoms with Gasteiger partial charge in [-0.2, -0.15) is 0 Å². The number of methoxy groups -OCH3 is 1. The van der Waals surface area contributed by atoms with E-state index in [4.69, 9.17) is 0 Å². The molecule has 0 heterocycles. The number of esters is 1. The fraction of sp³-hybridized carbons (Fsp3) is 0.905. The topological polar surface area (TPSA) is 55.4 Å². The van der Waals surface area contributed by atoms with Crippen molar-refractivity contribution in [1.29, 1.82) is 0 Å². The third-order valence-corrected chi connectivity index (χ3v) is 4.66. The lowest BCUT2D eigenvalue weighted by Crippen LogP contribution is -2.29. The van der Waals surface area contributed by atoms with Crippen molar-refractivity contribution in [2.24, 2.45) is 0 Å². The number of carbonyl (C=O) groups excluding carboxylic acids is 2. The van der Waals surface area contributed by atoms with Gasteiger partial charge in [-0.25, -0.2) is 0 Å². The molecule has 0 aliphatic carbocycles. The highest BCUT2D eigenvalue weighted by molar-refractivity contribution is 5.81. The Labute approximate surface area is 155 Å². The van der Waals surface area contributed by atoms with Crippen molar-refractivity contribution in [3.8, 4) is 0 Å². The molecule has 0 saturated carbocycles. The fourth-order valence-corrected chi connectivity index (χ4v) is 2.99. The van der Waals surface area contributed by atoms with E-state index < -0.39 is 5.97 Å². The molecule has 0 unspecified atom stereocenters. The number of amides is 1. The van der Waals surface area contributed by atoms with Crippen LogP contribution >= 0.6 is 0 Å². The standard InChI is InChI=1S/C21H41NO3/c1-3-4-5-6-7-8-9-10-11-12-13-14-15-16-17-18-20(23)22-19-21(24)25-2/h3-19H2,1-2H3,(H,22,23). The lowest BCUT2D eigenvalue weighted by atomic mass is 10.0. The van der Waals surface area contributed by atoms with E-state index in [0.29, 0.717) is 6.42 Å². The molecule has 0 bridgehead atoms. The summed E-state index contributed by atoms with van der Waals surface area (Å²) < 4.78 is 4.48. The molecule has 0 spiro atoms. The number of unbranched alkanes of at least 4 members (excludes halogenated alkanes) is 14. The van der Waals surface area contributed by atoms with Crippen LogP contribution in [0.4, 0.5) is 0 Å². The summed E-state index contributed by atoms with van der Waals surface area (Å²) in [5, 5.41) is 2.57. The molecule has 0 aromatic heterocycles. The van der Waals surface area contributed by atoms with Crippen LogP contribution in [0.2, 0.25) is 0 Å². The number of rotatable bonds is 18. The number of hydrogen-bond donors (Lipinski definition) is 1. The van der Waals surface area contributed by atoms with Gasteiger partial charge in [-0.15, -0.1) is 0 Å². The van der Waals surface area contributed by atoms with Crippen molar-refractivity contribution in [3.05, 3.63) is 0 Å². The zero-order valence-corrected chi connectivity index (χ0v) is 16.7. The Morgan fingerprint density at radius 2 is 1.08 bits per heavy atom. The molecule has 0 atom stereocenters. The van der Waals surface area contributed by atoms with Crippen molar-refractivity contribution < 1.29 is 14.3 Å². The summed E-state index contributed by atoms with van der Waals surface area (Å²) in [4.78, 5) is 22.4. The summed E-state index contributed by atoms with van der Waals surface area (Å²) in [6.45, 7) is 2.25. The molecule has 0 aromatic rings. The van der Waals surface area contributed by atoms with Gasteiger partial charge in [0.1, 0.15) is 6.54 Å². The maximum atomic E-state index is 11.5. The molecular weight excluding hydrogens is 314 g/mol. The molecule has 4 nitrogen and oxygen atoms in total. The first-order chi connectivity index (χ1) is 12.2. The van der Waals surface area contributed by atoms with Gasteiger partial charge in [0.25, 0.3) is 0 Å². The second-order valence-corrected chi connectivity index (χ2v) is 7.05. The van der Waals surface area contributed by atoms with Gasteiger partial charge in [-0.05, 0) is 6.42 Å². The van der Waals surface area contributed by atoms with E-state index in [1.807, 2.05) is 0 Å². The average molecular weight is 356 g/mol. The van der Waals surface area contributed by atoms with Crippen LogP contribution in [0.15, 0.2) is 0 Å². The third kappa shape index (κ3) is 19.1. The van der Waals surface area contributed by atoms with E-state index in [2.05, 4.69) is 17.0 Å². The zero-order valence-electron chi connectivity index (χ0n) is 16.7. The molecule has 1 N–H and O–H groups in total. The summed E-state index contributed by atoms with van der Waals surface area (Å²) in [7, 11) is 1.32. The largest absolute Gasteiger partial charge is 0.468 e. The minimum Gasteiger partial charge on any atom is -0.468 e.